The monoisotopic (exact) mass is 262 g/mol. The molecule has 1 saturated heterocycles. The van der Waals surface area contributed by atoms with Crippen molar-refractivity contribution in [3.05, 3.63) is 18.2 Å². The molecule has 1 aromatic rings. The SMILES string of the molecule is CCCNc1cccc(NCCCN2CCCC2)n1. The van der Waals surface area contributed by atoms with Crippen LogP contribution in [0.25, 0.3) is 0 Å². The van der Waals surface area contributed by atoms with Gasteiger partial charge in [0.2, 0.25) is 0 Å². The van der Waals surface area contributed by atoms with Gasteiger partial charge >= 0.3 is 0 Å². The topological polar surface area (TPSA) is 40.2 Å². The molecular formula is C15H26N4. The summed E-state index contributed by atoms with van der Waals surface area (Å²) in [6.45, 7) is 7.92. The van der Waals surface area contributed by atoms with Crippen LogP contribution < -0.4 is 10.6 Å². The molecule has 1 aromatic heterocycles. The molecule has 0 spiro atoms. The molecule has 1 aliphatic rings. The molecular weight excluding hydrogens is 236 g/mol. The van der Waals surface area contributed by atoms with Gasteiger partial charge in [0.15, 0.2) is 0 Å². The summed E-state index contributed by atoms with van der Waals surface area (Å²) >= 11 is 0. The van der Waals surface area contributed by atoms with E-state index in [4.69, 9.17) is 0 Å². The summed E-state index contributed by atoms with van der Waals surface area (Å²) < 4.78 is 0. The van der Waals surface area contributed by atoms with Crippen molar-refractivity contribution in [2.45, 2.75) is 32.6 Å². The largest absolute Gasteiger partial charge is 0.370 e. The second-order valence-electron chi connectivity index (χ2n) is 5.16. The maximum Gasteiger partial charge on any atom is 0.128 e. The fourth-order valence-electron chi connectivity index (χ4n) is 2.41. The highest BCUT2D eigenvalue weighted by Crippen LogP contribution is 2.10. The fraction of sp³-hybridized carbons (Fsp3) is 0.667. The number of likely N-dealkylation sites (tertiary alicyclic amines) is 1. The van der Waals surface area contributed by atoms with Crippen LogP contribution in [0.5, 0.6) is 0 Å². The van der Waals surface area contributed by atoms with E-state index in [2.05, 4.69) is 27.4 Å². The minimum Gasteiger partial charge on any atom is -0.370 e. The molecule has 0 amide bonds. The highest BCUT2D eigenvalue weighted by molar-refractivity contribution is 5.44. The molecule has 106 valence electrons. The molecule has 0 bridgehead atoms. The molecule has 0 radical (unpaired) electrons. The van der Waals surface area contributed by atoms with Crippen LogP contribution in [-0.2, 0) is 0 Å². The van der Waals surface area contributed by atoms with Gasteiger partial charge in [0.1, 0.15) is 11.6 Å². The third kappa shape index (κ3) is 5.07. The van der Waals surface area contributed by atoms with E-state index < -0.39 is 0 Å². The van der Waals surface area contributed by atoms with Gasteiger partial charge in [0.05, 0.1) is 0 Å². The van der Waals surface area contributed by atoms with Gasteiger partial charge in [0, 0.05) is 13.1 Å². The number of hydrogen-bond donors (Lipinski definition) is 2. The highest BCUT2D eigenvalue weighted by atomic mass is 15.1. The number of nitrogens with zero attached hydrogens (tertiary/aromatic N) is 2. The van der Waals surface area contributed by atoms with Gasteiger partial charge in [-0.15, -0.1) is 0 Å². The number of pyridine rings is 1. The molecule has 2 N–H and O–H groups in total. The lowest BCUT2D eigenvalue weighted by Crippen LogP contribution is -2.22. The van der Waals surface area contributed by atoms with Gasteiger partial charge in [-0.05, 0) is 57.5 Å². The first-order valence-electron chi connectivity index (χ1n) is 7.55. The van der Waals surface area contributed by atoms with Crippen molar-refractivity contribution in [1.82, 2.24) is 9.88 Å². The fourth-order valence-corrected chi connectivity index (χ4v) is 2.41. The predicted octanol–water partition coefficient (Wildman–Crippen LogP) is 2.80. The Bertz CT molecular complexity index is 361. The zero-order chi connectivity index (χ0) is 13.3. The van der Waals surface area contributed by atoms with E-state index in [-0.39, 0.29) is 0 Å². The molecule has 19 heavy (non-hydrogen) atoms. The van der Waals surface area contributed by atoms with E-state index in [1.54, 1.807) is 0 Å². The van der Waals surface area contributed by atoms with Crippen LogP contribution in [0.15, 0.2) is 18.2 Å². The van der Waals surface area contributed by atoms with E-state index in [0.29, 0.717) is 0 Å². The molecule has 2 heterocycles. The van der Waals surface area contributed by atoms with Gasteiger partial charge < -0.3 is 15.5 Å². The first kappa shape index (κ1) is 14.1. The van der Waals surface area contributed by atoms with E-state index in [9.17, 15) is 0 Å². The number of rotatable bonds is 8. The second kappa shape index (κ2) is 8.00. The zero-order valence-electron chi connectivity index (χ0n) is 12.0. The van der Waals surface area contributed by atoms with Gasteiger partial charge in [-0.25, -0.2) is 4.98 Å². The van der Waals surface area contributed by atoms with Crippen LogP contribution in [-0.4, -0.2) is 42.6 Å². The summed E-state index contributed by atoms with van der Waals surface area (Å²) in [5.41, 5.74) is 0. The number of hydrogen-bond acceptors (Lipinski definition) is 4. The summed E-state index contributed by atoms with van der Waals surface area (Å²) in [6.07, 6.45) is 5.06. The van der Waals surface area contributed by atoms with Crippen LogP contribution in [0.3, 0.4) is 0 Å². The van der Waals surface area contributed by atoms with E-state index in [1.165, 1.54) is 38.9 Å². The first-order chi connectivity index (χ1) is 9.38. The smallest absolute Gasteiger partial charge is 0.128 e. The quantitative estimate of drug-likeness (QED) is 0.707. The molecule has 2 rings (SSSR count). The summed E-state index contributed by atoms with van der Waals surface area (Å²) in [4.78, 5) is 7.09. The van der Waals surface area contributed by atoms with Crippen molar-refractivity contribution in [1.29, 1.82) is 0 Å². The normalized spacial score (nSPS) is 15.6. The Hall–Kier alpha value is -1.29. The number of anilines is 2. The van der Waals surface area contributed by atoms with Crippen LogP contribution in [0.1, 0.15) is 32.6 Å². The second-order valence-corrected chi connectivity index (χ2v) is 5.16. The van der Waals surface area contributed by atoms with Gasteiger partial charge in [-0.1, -0.05) is 13.0 Å². The molecule has 1 aliphatic heterocycles. The van der Waals surface area contributed by atoms with Crippen molar-refractivity contribution < 1.29 is 0 Å². The standard InChI is InChI=1S/C15H26N4/c1-2-9-16-14-7-5-8-15(18-14)17-10-6-13-19-11-3-4-12-19/h5,7-8H,2-4,6,9-13H2,1H3,(H2,16,17,18). The van der Waals surface area contributed by atoms with Gasteiger partial charge in [-0.3, -0.25) is 0 Å². The molecule has 0 unspecified atom stereocenters. The summed E-state index contributed by atoms with van der Waals surface area (Å²) in [6, 6.07) is 6.10. The maximum atomic E-state index is 4.54. The molecule has 0 aliphatic carbocycles. The van der Waals surface area contributed by atoms with Crippen molar-refractivity contribution in [2.75, 3.05) is 43.4 Å². The van der Waals surface area contributed by atoms with Crippen LogP contribution in [0.4, 0.5) is 11.6 Å². The minimum absolute atomic E-state index is 0.964. The molecule has 4 heteroatoms. The number of aromatic nitrogens is 1. The summed E-state index contributed by atoms with van der Waals surface area (Å²) in [5, 5.41) is 6.72. The molecule has 4 nitrogen and oxygen atoms in total. The lowest BCUT2D eigenvalue weighted by Gasteiger charge is -2.14. The Morgan fingerprint density at radius 3 is 2.47 bits per heavy atom. The maximum absolute atomic E-state index is 4.54. The van der Waals surface area contributed by atoms with Crippen LogP contribution in [0.2, 0.25) is 0 Å². The van der Waals surface area contributed by atoms with E-state index in [0.717, 1.165) is 31.1 Å². The number of nitrogens with one attached hydrogen (secondary N) is 2. The Morgan fingerprint density at radius 2 is 1.79 bits per heavy atom. The van der Waals surface area contributed by atoms with Gasteiger partial charge in [0.25, 0.3) is 0 Å². The average molecular weight is 262 g/mol. The Balaban J connectivity index is 1.66. The van der Waals surface area contributed by atoms with Crippen LogP contribution in [0, 0.1) is 0 Å². The molecule has 1 fully saturated rings. The van der Waals surface area contributed by atoms with Crippen molar-refractivity contribution in [3.63, 3.8) is 0 Å². The Morgan fingerprint density at radius 1 is 1.11 bits per heavy atom. The van der Waals surface area contributed by atoms with Crippen molar-refractivity contribution in [2.24, 2.45) is 0 Å². The third-order valence-corrected chi connectivity index (χ3v) is 3.46. The summed E-state index contributed by atoms with van der Waals surface area (Å²) in [7, 11) is 0. The molecule has 0 saturated carbocycles. The minimum atomic E-state index is 0.964. The van der Waals surface area contributed by atoms with Crippen LogP contribution >= 0.6 is 0 Å². The predicted molar refractivity (Wildman–Crippen MR) is 81.8 cm³/mol. The third-order valence-electron chi connectivity index (χ3n) is 3.46. The summed E-state index contributed by atoms with van der Waals surface area (Å²) in [5.74, 6) is 1.94. The lowest BCUT2D eigenvalue weighted by atomic mass is 10.3. The van der Waals surface area contributed by atoms with E-state index >= 15 is 0 Å². The lowest BCUT2D eigenvalue weighted by molar-refractivity contribution is 0.337. The highest BCUT2D eigenvalue weighted by Gasteiger charge is 2.09. The molecule has 0 aromatic carbocycles. The Labute approximate surface area is 116 Å². The van der Waals surface area contributed by atoms with Crippen molar-refractivity contribution >= 4 is 11.6 Å². The Kier molecular flexibility index (Phi) is 5.95. The molecule has 0 atom stereocenters. The average Bonchev–Trinajstić information content (AvgIpc) is 2.95. The van der Waals surface area contributed by atoms with E-state index in [1.807, 2.05) is 18.2 Å². The van der Waals surface area contributed by atoms with Crippen molar-refractivity contribution in [3.8, 4) is 0 Å². The zero-order valence-corrected chi connectivity index (χ0v) is 12.0. The first-order valence-corrected chi connectivity index (χ1v) is 7.55. The van der Waals surface area contributed by atoms with Gasteiger partial charge in [-0.2, -0.15) is 0 Å².